The number of carbonyl (C=O) groups excluding carboxylic acids is 2. The van der Waals surface area contributed by atoms with Crippen LogP contribution in [0, 0.1) is 13.8 Å². The Hall–Kier alpha value is -2.97. The number of tetrazole rings is 1. The zero-order chi connectivity index (χ0) is 21.1. The van der Waals surface area contributed by atoms with Crippen LogP contribution in [0.15, 0.2) is 36.4 Å². The SMILES string of the molecule is Cc1ccc(NC(=O)C(C)NC(=O)c2cccc(Cl)c2Cl)cc1-n1nnnc1C. The number of benzene rings is 2. The molecule has 2 amide bonds. The minimum Gasteiger partial charge on any atom is -0.340 e. The summed E-state index contributed by atoms with van der Waals surface area (Å²) in [5.74, 6) is -0.260. The number of hydrogen-bond acceptors (Lipinski definition) is 5. The van der Waals surface area contributed by atoms with Gasteiger partial charge in [-0.15, -0.1) is 5.10 Å². The van der Waals surface area contributed by atoms with Crippen LogP contribution >= 0.6 is 23.2 Å². The summed E-state index contributed by atoms with van der Waals surface area (Å²) < 4.78 is 1.58. The van der Waals surface area contributed by atoms with Gasteiger partial charge in [-0.1, -0.05) is 35.3 Å². The number of nitrogens with zero attached hydrogens (tertiary/aromatic N) is 4. The topological polar surface area (TPSA) is 102 Å². The third kappa shape index (κ3) is 4.55. The average molecular weight is 433 g/mol. The predicted molar refractivity (Wildman–Crippen MR) is 111 cm³/mol. The van der Waals surface area contributed by atoms with Gasteiger partial charge in [-0.05, 0) is 61.0 Å². The second kappa shape index (κ2) is 8.59. The van der Waals surface area contributed by atoms with Gasteiger partial charge in [0.05, 0.1) is 21.3 Å². The Morgan fingerprint density at radius 2 is 1.90 bits per heavy atom. The summed E-state index contributed by atoms with van der Waals surface area (Å²) >= 11 is 12.0. The van der Waals surface area contributed by atoms with Crippen molar-refractivity contribution in [3.8, 4) is 5.69 Å². The normalized spacial score (nSPS) is 11.8. The van der Waals surface area contributed by atoms with Gasteiger partial charge < -0.3 is 10.6 Å². The van der Waals surface area contributed by atoms with Gasteiger partial charge in [-0.2, -0.15) is 4.68 Å². The number of aromatic nitrogens is 4. The quantitative estimate of drug-likeness (QED) is 0.643. The van der Waals surface area contributed by atoms with E-state index in [0.717, 1.165) is 11.3 Å². The van der Waals surface area contributed by atoms with Crippen molar-refractivity contribution in [2.75, 3.05) is 5.32 Å². The number of nitrogens with one attached hydrogen (secondary N) is 2. The lowest BCUT2D eigenvalue weighted by atomic mass is 10.1. The van der Waals surface area contributed by atoms with Crippen molar-refractivity contribution >= 4 is 40.7 Å². The van der Waals surface area contributed by atoms with Crippen LogP contribution in [0.4, 0.5) is 5.69 Å². The summed E-state index contributed by atoms with van der Waals surface area (Å²) in [4.78, 5) is 25.0. The summed E-state index contributed by atoms with van der Waals surface area (Å²) in [6, 6.07) is 9.30. The molecule has 0 spiro atoms. The first kappa shape index (κ1) is 20.8. The summed E-state index contributed by atoms with van der Waals surface area (Å²) in [7, 11) is 0. The zero-order valence-corrected chi connectivity index (χ0v) is 17.4. The Bertz CT molecular complexity index is 1080. The lowest BCUT2D eigenvalue weighted by Crippen LogP contribution is -2.41. The van der Waals surface area contributed by atoms with Crippen LogP contribution < -0.4 is 10.6 Å². The van der Waals surface area contributed by atoms with E-state index >= 15 is 0 Å². The number of carbonyl (C=O) groups is 2. The predicted octanol–water partition coefficient (Wildman–Crippen LogP) is 3.34. The molecule has 0 radical (unpaired) electrons. The molecule has 150 valence electrons. The number of halogens is 2. The van der Waals surface area contributed by atoms with E-state index in [1.54, 1.807) is 42.8 Å². The van der Waals surface area contributed by atoms with E-state index in [2.05, 4.69) is 26.2 Å². The largest absolute Gasteiger partial charge is 0.340 e. The third-order valence-electron chi connectivity index (χ3n) is 4.27. The first-order valence-corrected chi connectivity index (χ1v) is 9.45. The van der Waals surface area contributed by atoms with Crippen LogP contribution in [-0.2, 0) is 4.79 Å². The van der Waals surface area contributed by atoms with Gasteiger partial charge in [0.15, 0.2) is 5.82 Å². The van der Waals surface area contributed by atoms with Crippen LogP contribution in [0.1, 0.15) is 28.7 Å². The second-order valence-corrected chi connectivity index (χ2v) is 7.21. The summed E-state index contributed by atoms with van der Waals surface area (Å²) in [5, 5.41) is 17.3. The minimum atomic E-state index is -0.808. The molecule has 0 aliphatic heterocycles. The van der Waals surface area contributed by atoms with Gasteiger partial charge in [-0.25, -0.2) is 0 Å². The molecule has 2 N–H and O–H groups in total. The Labute approximate surface area is 177 Å². The van der Waals surface area contributed by atoms with Crippen LogP contribution in [0.3, 0.4) is 0 Å². The molecule has 0 saturated heterocycles. The summed E-state index contributed by atoms with van der Waals surface area (Å²) in [6.45, 7) is 5.27. The molecule has 10 heteroatoms. The van der Waals surface area contributed by atoms with Gasteiger partial charge in [0.25, 0.3) is 5.91 Å². The second-order valence-electron chi connectivity index (χ2n) is 6.42. The van der Waals surface area contributed by atoms with Crippen LogP contribution in [0.25, 0.3) is 5.69 Å². The van der Waals surface area contributed by atoms with Crippen molar-refractivity contribution < 1.29 is 9.59 Å². The molecule has 0 fully saturated rings. The number of anilines is 1. The lowest BCUT2D eigenvalue weighted by Gasteiger charge is -2.16. The first-order valence-electron chi connectivity index (χ1n) is 8.69. The van der Waals surface area contributed by atoms with Gasteiger partial charge in [-0.3, -0.25) is 9.59 Å². The molecule has 1 atom stereocenters. The van der Waals surface area contributed by atoms with Gasteiger partial charge in [0.1, 0.15) is 6.04 Å². The smallest absolute Gasteiger partial charge is 0.253 e. The highest BCUT2D eigenvalue weighted by Crippen LogP contribution is 2.25. The van der Waals surface area contributed by atoms with E-state index < -0.39 is 11.9 Å². The maximum atomic E-state index is 12.5. The molecule has 3 rings (SSSR count). The molecular weight excluding hydrogens is 415 g/mol. The number of aryl methyl sites for hydroxylation is 2. The molecule has 0 bridgehead atoms. The zero-order valence-electron chi connectivity index (χ0n) is 15.9. The van der Waals surface area contributed by atoms with Crippen molar-refractivity contribution in [1.82, 2.24) is 25.5 Å². The van der Waals surface area contributed by atoms with E-state index in [-0.39, 0.29) is 21.5 Å². The van der Waals surface area contributed by atoms with Crippen LogP contribution in [0.5, 0.6) is 0 Å². The molecule has 1 aromatic heterocycles. The van der Waals surface area contributed by atoms with Crippen molar-refractivity contribution in [1.29, 1.82) is 0 Å². The maximum Gasteiger partial charge on any atom is 0.253 e. The molecule has 1 heterocycles. The summed E-state index contributed by atoms with van der Waals surface area (Å²) in [6.07, 6.45) is 0. The highest BCUT2D eigenvalue weighted by molar-refractivity contribution is 6.43. The monoisotopic (exact) mass is 432 g/mol. The number of rotatable bonds is 5. The highest BCUT2D eigenvalue weighted by atomic mass is 35.5. The molecule has 2 aromatic carbocycles. The Morgan fingerprint density at radius 3 is 2.59 bits per heavy atom. The number of amides is 2. The van der Waals surface area contributed by atoms with E-state index in [1.807, 2.05) is 13.0 Å². The standard InChI is InChI=1S/C19H18Cl2N6O2/c1-10-7-8-13(9-16(10)27-12(3)24-25-26-27)23-18(28)11(2)22-19(29)14-5-4-6-15(20)17(14)21/h4-9,11H,1-3H3,(H,22,29)(H,23,28). The van der Waals surface area contributed by atoms with E-state index in [0.29, 0.717) is 11.5 Å². The highest BCUT2D eigenvalue weighted by Gasteiger charge is 2.20. The molecule has 8 nitrogen and oxygen atoms in total. The number of hydrogen-bond donors (Lipinski definition) is 2. The van der Waals surface area contributed by atoms with Crippen molar-refractivity contribution in [3.05, 3.63) is 63.4 Å². The first-order chi connectivity index (χ1) is 13.8. The Kier molecular flexibility index (Phi) is 6.14. The fourth-order valence-corrected chi connectivity index (χ4v) is 3.03. The van der Waals surface area contributed by atoms with E-state index in [1.165, 1.54) is 6.07 Å². The van der Waals surface area contributed by atoms with E-state index in [4.69, 9.17) is 23.2 Å². The third-order valence-corrected chi connectivity index (χ3v) is 5.09. The van der Waals surface area contributed by atoms with E-state index in [9.17, 15) is 9.59 Å². The molecule has 1 unspecified atom stereocenters. The van der Waals surface area contributed by atoms with Crippen LogP contribution in [0.2, 0.25) is 10.0 Å². The molecule has 0 saturated carbocycles. The molecular formula is C19H18Cl2N6O2. The molecule has 0 aliphatic rings. The molecule has 29 heavy (non-hydrogen) atoms. The van der Waals surface area contributed by atoms with Gasteiger partial charge >= 0.3 is 0 Å². The van der Waals surface area contributed by atoms with Crippen molar-refractivity contribution in [2.45, 2.75) is 26.8 Å². The van der Waals surface area contributed by atoms with Gasteiger partial charge in [0.2, 0.25) is 5.91 Å². The van der Waals surface area contributed by atoms with Crippen molar-refractivity contribution in [3.63, 3.8) is 0 Å². The maximum absolute atomic E-state index is 12.5. The van der Waals surface area contributed by atoms with Gasteiger partial charge in [0, 0.05) is 5.69 Å². The lowest BCUT2D eigenvalue weighted by molar-refractivity contribution is -0.117. The van der Waals surface area contributed by atoms with Crippen molar-refractivity contribution in [2.24, 2.45) is 0 Å². The van der Waals surface area contributed by atoms with Crippen LogP contribution in [-0.4, -0.2) is 38.1 Å². The fraction of sp³-hybridized carbons (Fsp3) is 0.211. The Balaban J connectivity index is 1.72. The molecule has 0 aliphatic carbocycles. The molecule has 3 aromatic rings. The minimum absolute atomic E-state index is 0.138. The Morgan fingerprint density at radius 1 is 1.14 bits per heavy atom. The fourth-order valence-electron chi connectivity index (χ4n) is 2.64. The summed E-state index contributed by atoms with van der Waals surface area (Å²) in [5.41, 5.74) is 2.43. The average Bonchev–Trinajstić information content (AvgIpc) is 3.11.